The first-order valence-electron chi connectivity index (χ1n) is 7.19. The van der Waals surface area contributed by atoms with Crippen LogP contribution in [-0.2, 0) is 6.42 Å². The molecule has 2 aromatic carbocycles. The zero-order valence-electron chi connectivity index (χ0n) is 12.8. The maximum Gasteiger partial charge on any atom is 0.133 e. The molecule has 112 valence electrons. The van der Waals surface area contributed by atoms with E-state index in [0.29, 0.717) is 5.92 Å². The van der Waals surface area contributed by atoms with Crippen LogP contribution in [0.15, 0.2) is 46.9 Å². The summed E-state index contributed by atoms with van der Waals surface area (Å²) in [5.41, 5.74) is 9.92. The lowest BCUT2D eigenvalue weighted by Gasteiger charge is -2.15. The summed E-state index contributed by atoms with van der Waals surface area (Å²) >= 11 is 3.51. The first kappa shape index (κ1) is 16.1. The number of nitrogens with two attached hydrogens (primary N) is 1. The second kappa shape index (κ2) is 7.10. The first-order valence-corrected chi connectivity index (χ1v) is 7.98. The lowest BCUT2D eigenvalue weighted by Crippen LogP contribution is -2.12. The quantitative estimate of drug-likeness (QED) is 0.850. The van der Waals surface area contributed by atoms with Crippen molar-refractivity contribution in [3.8, 4) is 5.75 Å². The van der Waals surface area contributed by atoms with Gasteiger partial charge < -0.3 is 10.5 Å². The lowest BCUT2D eigenvalue weighted by atomic mass is 9.96. The highest BCUT2D eigenvalue weighted by Gasteiger charge is 2.11. The van der Waals surface area contributed by atoms with Gasteiger partial charge in [0.15, 0.2) is 0 Å². The van der Waals surface area contributed by atoms with E-state index in [-0.39, 0.29) is 6.04 Å². The van der Waals surface area contributed by atoms with Crippen molar-refractivity contribution in [1.29, 1.82) is 0 Å². The van der Waals surface area contributed by atoms with Gasteiger partial charge in [-0.2, -0.15) is 0 Å². The SMILES string of the molecule is COc1ccc(C(N)c2ccc(CC(C)C)cc2)cc1Br. The van der Waals surface area contributed by atoms with Gasteiger partial charge in [0, 0.05) is 0 Å². The van der Waals surface area contributed by atoms with E-state index in [0.717, 1.165) is 27.8 Å². The van der Waals surface area contributed by atoms with Crippen molar-refractivity contribution in [2.45, 2.75) is 26.3 Å². The smallest absolute Gasteiger partial charge is 0.133 e. The average Bonchev–Trinajstić information content (AvgIpc) is 2.46. The summed E-state index contributed by atoms with van der Waals surface area (Å²) in [6, 6.07) is 14.4. The Kier molecular flexibility index (Phi) is 5.43. The van der Waals surface area contributed by atoms with Crippen LogP contribution in [0.4, 0.5) is 0 Å². The zero-order chi connectivity index (χ0) is 15.4. The molecule has 0 aliphatic heterocycles. The van der Waals surface area contributed by atoms with Gasteiger partial charge in [-0.25, -0.2) is 0 Å². The van der Waals surface area contributed by atoms with Crippen LogP contribution < -0.4 is 10.5 Å². The van der Waals surface area contributed by atoms with Gasteiger partial charge in [-0.05, 0) is 57.1 Å². The fourth-order valence-electron chi connectivity index (χ4n) is 2.40. The zero-order valence-corrected chi connectivity index (χ0v) is 14.4. The minimum absolute atomic E-state index is 0.125. The molecule has 0 heterocycles. The van der Waals surface area contributed by atoms with Gasteiger partial charge in [-0.1, -0.05) is 44.2 Å². The highest BCUT2D eigenvalue weighted by molar-refractivity contribution is 9.10. The topological polar surface area (TPSA) is 35.2 Å². The summed E-state index contributed by atoms with van der Waals surface area (Å²) in [6.07, 6.45) is 1.10. The third-order valence-electron chi connectivity index (χ3n) is 3.52. The van der Waals surface area contributed by atoms with E-state index in [4.69, 9.17) is 10.5 Å². The minimum atomic E-state index is -0.125. The Hall–Kier alpha value is -1.32. The van der Waals surface area contributed by atoms with Crippen LogP contribution in [0.3, 0.4) is 0 Å². The molecular weight excluding hydrogens is 326 g/mol. The average molecular weight is 348 g/mol. The maximum atomic E-state index is 6.37. The number of hydrogen-bond acceptors (Lipinski definition) is 2. The predicted octanol–water partition coefficient (Wildman–Crippen LogP) is 4.70. The van der Waals surface area contributed by atoms with Crippen LogP contribution in [0, 0.1) is 5.92 Å². The lowest BCUT2D eigenvalue weighted by molar-refractivity contribution is 0.412. The molecule has 0 amide bonds. The van der Waals surface area contributed by atoms with Crippen molar-refractivity contribution in [1.82, 2.24) is 0 Å². The fourth-order valence-corrected chi connectivity index (χ4v) is 2.96. The monoisotopic (exact) mass is 347 g/mol. The molecule has 0 saturated carbocycles. The van der Waals surface area contributed by atoms with Crippen molar-refractivity contribution < 1.29 is 4.74 Å². The second-order valence-electron chi connectivity index (χ2n) is 5.71. The number of methoxy groups -OCH3 is 1. The largest absolute Gasteiger partial charge is 0.496 e. The van der Waals surface area contributed by atoms with Crippen LogP contribution in [0.5, 0.6) is 5.75 Å². The molecule has 0 spiro atoms. The number of hydrogen-bond donors (Lipinski definition) is 1. The highest BCUT2D eigenvalue weighted by Crippen LogP contribution is 2.29. The summed E-state index contributed by atoms with van der Waals surface area (Å²) in [6.45, 7) is 4.46. The maximum absolute atomic E-state index is 6.37. The minimum Gasteiger partial charge on any atom is -0.496 e. The Labute approximate surface area is 135 Å². The molecule has 2 aromatic rings. The van der Waals surface area contributed by atoms with E-state index >= 15 is 0 Å². The normalized spacial score (nSPS) is 12.5. The Morgan fingerprint density at radius 1 is 1.05 bits per heavy atom. The number of ether oxygens (including phenoxy) is 1. The first-order chi connectivity index (χ1) is 10.0. The van der Waals surface area contributed by atoms with Crippen molar-refractivity contribution in [3.05, 3.63) is 63.6 Å². The van der Waals surface area contributed by atoms with Crippen LogP contribution in [0.1, 0.15) is 36.6 Å². The van der Waals surface area contributed by atoms with Gasteiger partial charge in [0.05, 0.1) is 17.6 Å². The second-order valence-corrected chi connectivity index (χ2v) is 6.57. The Morgan fingerprint density at radius 3 is 2.19 bits per heavy atom. The fraction of sp³-hybridized carbons (Fsp3) is 0.333. The molecule has 2 rings (SSSR count). The summed E-state index contributed by atoms with van der Waals surface area (Å²) in [5.74, 6) is 1.49. The summed E-state index contributed by atoms with van der Waals surface area (Å²) in [7, 11) is 1.66. The standard InChI is InChI=1S/C18H22BrNO/c1-12(2)10-13-4-6-14(7-5-13)18(20)15-8-9-17(21-3)16(19)11-15/h4-9,11-12,18H,10,20H2,1-3H3. The molecule has 1 atom stereocenters. The summed E-state index contributed by atoms with van der Waals surface area (Å²) in [5, 5.41) is 0. The molecule has 21 heavy (non-hydrogen) atoms. The van der Waals surface area contributed by atoms with Crippen molar-refractivity contribution in [3.63, 3.8) is 0 Å². The van der Waals surface area contributed by atoms with Crippen LogP contribution in [0.2, 0.25) is 0 Å². The molecule has 0 fully saturated rings. The van der Waals surface area contributed by atoms with Crippen molar-refractivity contribution in [2.24, 2.45) is 11.7 Å². The van der Waals surface area contributed by atoms with E-state index in [2.05, 4.69) is 54.0 Å². The Balaban J connectivity index is 2.19. The van der Waals surface area contributed by atoms with E-state index in [1.54, 1.807) is 7.11 Å². The summed E-state index contributed by atoms with van der Waals surface area (Å²) in [4.78, 5) is 0. The molecule has 2 N–H and O–H groups in total. The third kappa shape index (κ3) is 4.08. The Bertz CT molecular complexity index is 593. The highest BCUT2D eigenvalue weighted by atomic mass is 79.9. The van der Waals surface area contributed by atoms with E-state index < -0.39 is 0 Å². The van der Waals surface area contributed by atoms with E-state index in [1.807, 2.05) is 18.2 Å². The molecule has 0 aliphatic rings. The van der Waals surface area contributed by atoms with Gasteiger partial charge in [-0.3, -0.25) is 0 Å². The third-order valence-corrected chi connectivity index (χ3v) is 4.14. The molecule has 1 unspecified atom stereocenters. The molecule has 0 radical (unpaired) electrons. The number of benzene rings is 2. The number of rotatable bonds is 5. The van der Waals surface area contributed by atoms with Gasteiger partial charge >= 0.3 is 0 Å². The predicted molar refractivity (Wildman–Crippen MR) is 91.7 cm³/mol. The molecule has 0 bridgehead atoms. The van der Waals surface area contributed by atoms with Gasteiger partial charge in [-0.15, -0.1) is 0 Å². The molecule has 2 nitrogen and oxygen atoms in total. The van der Waals surface area contributed by atoms with Crippen molar-refractivity contribution in [2.75, 3.05) is 7.11 Å². The van der Waals surface area contributed by atoms with E-state index in [9.17, 15) is 0 Å². The molecule has 0 aromatic heterocycles. The van der Waals surface area contributed by atoms with Crippen LogP contribution in [0.25, 0.3) is 0 Å². The van der Waals surface area contributed by atoms with Gasteiger partial charge in [0.1, 0.15) is 5.75 Å². The number of halogens is 1. The van der Waals surface area contributed by atoms with Crippen LogP contribution >= 0.6 is 15.9 Å². The Morgan fingerprint density at radius 2 is 1.67 bits per heavy atom. The van der Waals surface area contributed by atoms with Gasteiger partial charge in [0.25, 0.3) is 0 Å². The van der Waals surface area contributed by atoms with Crippen LogP contribution in [-0.4, -0.2) is 7.11 Å². The molecular formula is C18H22BrNO. The molecule has 0 aliphatic carbocycles. The van der Waals surface area contributed by atoms with E-state index in [1.165, 1.54) is 5.56 Å². The summed E-state index contributed by atoms with van der Waals surface area (Å²) < 4.78 is 6.18. The molecule has 3 heteroatoms. The van der Waals surface area contributed by atoms with Crippen molar-refractivity contribution >= 4 is 15.9 Å². The van der Waals surface area contributed by atoms with Gasteiger partial charge in [0.2, 0.25) is 0 Å². The molecule has 0 saturated heterocycles.